The molecule has 0 fully saturated rings. The number of carbonyl (C=O) groups is 2. The molecule has 142 valence electrons. The highest BCUT2D eigenvalue weighted by atomic mass is 35.5. The van der Waals surface area contributed by atoms with Crippen molar-refractivity contribution in [2.75, 3.05) is 11.9 Å². The summed E-state index contributed by atoms with van der Waals surface area (Å²) in [5.74, 6) is -1.22. The summed E-state index contributed by atoms with van der Waals surface area (Å²) in [5, 5.41) is 5.19. The summed E-state index contributed by atoms with van der Waals surface area (Å²) in [6.45, 7) is 2.19. The van der Waals surface area contributed by atoms with Crippen molar-refractivity contribution < 1.29 is 18.7 Å². The Balaban J connectivity index is 1.59. The lowest BCUT2D eigenvalue weighted by molar-refractivity contribution is -0.142. The molecule has 0 saturated carbocycles. The van der Waals surface area contributed by atoms with Crippen LogP contribution in [0.1, 0.15) is 19.0 Å². The van der Waals surface area contributed by atoms with Crippen LogP contribution in [0, 0.1) is 0 Å². The SMILES string of the molecule is CCOC(=O)Cc1csc(NC(=O)CCn2c(=O)oc3cc(Cl)ccc32)n1. The molecule has 0 aliphatic rings. The molecule has 0 atom stereocenters. The number of aryl methyl sites for hydroxylation is 1. The van der Waals surface area contributed by atoms with Gasteiger partial charge >= 0.3 is 11.7 Å². The minimum Gasteiger partial charge on any atom is -0.466 e. The number of hydrogen-bond acceptors (Lipinski definition) is 7. The van der Waals surface area contributed by atoms with E-state index in [1.54, 1.807) is 30.5 Å². The van der Waals surface area contributed by atoms with Gasteiger partial charge < -0.3 is 14.5 Å². The van der Waals surface area contributed by atoms with Crippen molar-refractivity contribution in [3.8, 4) is 0 Å². The highest BCUT2D eigenvalue weighted by molar-refractivity contribution is 7.13. The van der Waals surface area contributed by atoms with Gasteiger partial charge in [-0.25, -0.2) is 9.78 Å². The third kappa shape index (κ3) is 4.75. The number of rotatable bonds is 7. The maximum atomic E-state index is 12.1. The second kappa shape index (κ2) is 8.36. The molecule has 0 saturated heterocycles. The number of aromatic nitrogens is 2. The molecule has 3 rings (SSSR count). The molecule has 10 heteroatoms. The molecular formula is C17H16ClN3O5S. The summed E-state index contributed by atoms with van der Waals surface area (Å²) in [7, 11) is 0. The van der Waals surface area contributed by atoms with E-state index in [-0.39, 0.29) is 31.3 Å². The molecule has 27 heavy (non-hydrogen) atoms. The number of nitrogens with zero attached hydrogens (tertiary/aromatic N) is 2. The van der Waals surface area contributed by atoms with Crippen LogP contribution < -0.4 is 11.1 Å². The Kier molecular flexibility index (Phi) is 5.92. The van der Waals surface area contributed by atoms with Gasteiger partial charge in [-0.15, -0.1) is 11.3 Å². The van der Waals surface area contributed by atoms with Crippen molar-refractivity contribution in [3.63, 3.8) is 0 Å². The number of halogens is 1. The molecule has 3 aromatic rings. The van der Waals surface area contributed by atoms with E-state index >= 15 is 0 Å². The largest absolute Gasteiger partial charge is 0.466 e. The van der Waals surface area contributed by atoms with Crippen LogP contribution in [0.25, 0.3) is 11.1 Å². The first-order valence-corrected chi connectivity index (χ1v) is 9.40. The fourth-order valence-electron chi connectivity index (χ4n) is 2.45. The van der Waals surface area contributed by atoms with Crippen molar-refractivity contribution >= 4 is 51.0 Å². The van der Waals surface area contributed by atoms with Gasteiger partial charge in [0, 0.05) is 29.4 Å². The average Bonchev–Trinajstić information content (AvgIpc) is 3.16. The minimum absolute atomic E-state index is 0.0547. The van der Waals surface area contributed by atoms with E-state index in [2.05, 4.69) is 10.3 Å². The second-order valence-electron chi connectivity index (χ2n) is 5.56. The lowest BCUT2D eigenvalue weighted by Crippen LogP contribution is -2.19. The number of amides is 1. The van der Waals surface area contributed by atoms with E-state index in [1.165, 1.54) is 15.9 Å². The number of carbonyl (C=O) groups excluding carboxylic acids is 2. The molecule has 0 aliphatic heterocycles. The van der Waals surface area contributed by atoms with Gasteiger partial charge in [-0.3, -0.25) is 14.2 Å². The highest BCUT2D eigenvalue weighted by Crippen LogP contribution is 2.19. The molecule has 1 N–H and O–H groups in total. The van der Waals surface area contributed by atoms with Crippen molar-refractivity contribution in [1.82, 2.24) is 9.55 Å². The van der Waals surface area contributed by atoms with Gasteiger partial charge in [0.05, 0.1) is 24.2 Å². The fourth-order valence-corrected chi connectivity index (χ4v) is 3.34. The first-order chi connectivity index (χ1) is 13.0. The predicted octanol–water partition coefficient (Wildman–Crippen LogP) is 2.84. The zero-order valence-corrected chi connectivity index (χ0v) is 15.9. The van der Waals surface area contributed by atoms with Crippen LogP contribution in [-0.4, -0.2) is 28.0 Å². The van der Waals surface area contributed by atoms with E-state index in [1.807, 2.05) is 0 Å². The fraction of sp³-hybridized carbons (Fsp3) is 0.294. The Morgan fingerprint density at radius 1 is 1.41 bits per heavy atom. The Labute approximate surface area is 162 Å². The quantitative estimate of drug-likeness (QED) is 0.602. The lowest BCUT2D eigenvalue weighted by Gasteiger charge is -2.03. The van der Waals surface area contributed by atoms with Gasteiger partial charge in [0.2, 0.25) is 5.91 Å². The standard InChI is InChI=1S/C17H16ClN3O5S/c1-2-25-15(23)8-11-9-27-16(19-11)20-14(22)5-6-21-12-4-3-10(18)7-13(12)26-17(21)24/h3-4,7,9H,2,5-6,8H2,1H3,(H,19,20,22). The van der Waals surface area contributed by atoms with Crippen LogP contribution in [0.2, 0.25) is 5.02 Å². The number of hydrogen-bond donors (Lipinski definition) is 1. The number of thiazole rings is 1. The van der Waals surface area contributed by atoms with Crippen molar-refractivity contribution in [2.24, 2.45) is 0 Å². The van der Waals surface area contributed by atoms with Gasteiger partial charge in [-0.2, -0.15) is 0 Å². The number of esters is 1. The van der Waals surface area contributed by atoms with Crippen LogP contribution in [-0.2, 0) is 27.3 Å². The Morgan fingerprint density at radius 3 is 3.00 bits per heavy atom. The van der Waals surface area contributed by atoms with Crippen molar-refractivity contribution in [1.29, 1.82) is 0 Å². The summed E-state index contributed by atoms with van der Waals surface area (Å²) < 4.78 is 11.4. The van der Waals surface area contributed by atoms with E-state index in [0.717, 1.165) is 0 Å². The minimum atomic E-state index is -0.550. The zero-order valence-electron chi connectivity index (χ0n) is 14.4. The van der Waals surface area contributed by atoms with Gasteiger partial charge in [-0.1, -0.05) is 11.6 Å². The monoisotopic (exact) mass is 409 g/mol. The van der Waals surface area contributed by atoms with Gasteiger partial charge in [-0.05, 0) is 19.1 Å². The summed E-state index contributed by atoms with van der Waals surface area (Å²) in [6, 6.07) is 4.87. The number of nitrogens with one attached hydrogen (secondary N) is 1. The van der Waals surface area contributed by atoms with Crippen LogP contribution in [0.3, 0.4) is 0 Å². The first-order valence-electron chi connectivity index (χ1n) is 8.15. The molecule has 0 aliphatic carbocycles. The van der Waals surface area contributed by atoms with Crippen LogP contribution in [0.15, 0.2) is 32.8 Å². The summed E-state index contributed by atoms with van der Waals surface area (Å²) in [5.41, 5.74) is 1.47. The van der Waals surface area contributed by atoms with Gasteiger partial charge in [0.1, 0.15) is 0 Å². The summed E-state index contributed by atoms with van der Waals surface area (Å²) >= 11 is 7.09. The lowest BCUT2D eigenvalue weighted by atomic mass is 10.3. The number of anilines is 1. The molecule has 1 amide bonds. The van der Waals surface area contributed by atoms with E-state index < -0.39 is 5.76 Å². The zero-order chi connectivity index (χ0) is 19.4. The Bertz CT molecular complexity index is 1040. The van der Waals surface area contributed by atoms with E-state index in [4.69, 9.17) is 20.8 Å². The number of fused-ring (bicyclic) bond motifs is 1. The van der Waals surface area contributed by atoms with Crippen LogP contribution >= 0.6 is 22.9 Å². The van der Waals surface area contributed by atoms with Crippen LogP contribution in [0.5, 0.6) is 0 Å². The smallest absolute Gasteiger partial charge is 0.419 e. The van der Waals surface area contributed by atoms with Gasteiger partial charge in [0.25, 0.3) is 0 Å². The molecule has 0 spiro atoms. The normalized spacial score (nSPS) is 10.9. The molecule has 1 aromatic carbocycles. The maximum Gasteiger partial charge on any atom is 0.419 e. The third-order valence-electron chi connectivity index (χ3n) is 3.62. The van der Waals surface area contributed by atoms with E-state index in [0.29, 0.717) is 33.6 Å². The maximum absolute atomic E-state index is 12.1. The van der Waals surface area contributed by atoms with Gasteiger partial charge in [0.15, 0.2) is 10.7 Å². The molecule has 2 aromatic heterocycles. The molecule has 0 bridgehead atoms. The van der Waals surface area contributed by atoms with E-state index in [9.17, 15) is 14.4 Å². The predicted molar refractivity (Wildman–Crippen MR) is 101 cm³/mol. The number of ether oxygens (including phenoxy) is 1. The Hall–Kier alpha value is -2.65. The third-order valence-corrected chi connectivity index (χ3v) is 4.66. The number of oxazole rings is 1. The first kappa shape index (κ1) is 19.1. The Morgan fingerprint density at radius 2 is 2.22 bits per heavy atom. The molecule has 0 radical (unpaired) electrons. The second-order valence-corrected chi connectivity index (χ2v) is 6.85. The molecule has 8 nitrogen and oxygen atoms in total. The van der Waals surface area contributed by atoms with Crippen molar-refractivity contribution in [2.45, 2.75) is 26.3 Å². The summed E-state index contributed by atoms with van der Waals surface area (Å²) in [4.78, 5) is 39.7. The number of benzene rings is 1. The highest BCUT2D eigenvalue weighted by Gasteiger charge is 2.13. The molecule has 2 heterocycles. The topological polar surface area (TPSA) is 103 Å². The molecule has 0 unspecified atom stereocenters. The average molecular weight is 410 g/mol. The molecular weight excluding hydrogens is 394 g/mol. The van der Waals surface area contributed by atoms with Crippen LogP contribution in [0.4, 0.5) is 5.13 Å². The van der Waals surface area contributed by atoms with Crippen molar-refractivity contribution in [3.05, 3.63) is 44.8 Å². The summed E-state index contributed by atoms with van der Waals surface area (Å²) in [6.07, 6.45) is 0.114.